The predicted octanol–water partition coefficient (Wildman–Crippen LogP) is 2.92. The van der Waals surface area contributed by atoms with Crippen molar-refractivity contribution in [2.75, 3.05) is 26.4 Å². The maximum atomic E-state index is 11.9. The van der Waals surface area contributed by atoms with E-state index in [4.69, 9.17) is 14.2 Å². The molecular weight excluding hydrogens is 396 g/mol. The van der Waals surface area contributed by atoms with Gasteiger partial charge >= 0.3 is 5.97 Å². The van der Waals surface area contributed by atoms with E-state index in [-0.39, 0.29) is 12.5 Å². The molecule has 7 nitrogen and oxygen atoms in total. The number of aromatic nitrogens is 1. The lowest BCUT2D eigenvalue weighted by Gasteiger charge is -2.18. The summed E-state index contributed by atoms with van der Waals surface area (Å²) >= 11 is 0. The lowest BCUT2D eigenvalue weighted by Crippen LogP contribution is -2.30. The predicted molar refractivity (Wildman–Crippen MR) is 116 cm³/mol. The van der Waals surface area contributed by atoms with Crippen LogP contribution in [0.3, 0.4) is 0 Å². The highest BCUT2D eigenvalue weighted by molar-refractivity contribution is 5.89. The number of hydrogen-bond acceptors (Lipinski definition) is 6. The highest BCUT2D eigenvalue weighted by Gasteiger charge is 2.12. The molecule has 2 aromatic carbocycles. The van der Waals surface area contributed by atoms with Crippen molar-refractivity contribution in [2.45, 2.75) is 6.42 Å². The van der Waals surface area contributed by atoms with Gasteiger partial charge in [-0.1, -0.05) is 30.3 Å². The van der Waals surface area contributed by atoms with Crippen LogP contribution in [0.15, 0.2) is 60.7 Å². The third-order valence-corrected chi connectivity index (χ3v) is 4.70. The second kappa shape index (κ2) is 9.75. The van der Waals surface area contributed by atoms with Crippen molar-refractivity contribution in [3.8, 4) is 11.5 Å². The molecule has 0 bridgehead atoms. The molecule has 3 aromatic rings. The van der Waals surface area contributed by atoms with Crippen LogP contribution >= 0.6 is 0 Å². The number of nitrogens with zero attached hydrogens (tertiary/aromatic N) is 1. The van der Waals surface area contributed by atoms with Gasteiger partial charge in [0.1, 0.15) is 13.2 Å². The van der Waals surface area contributed by atoms with E-state index in [2.05, 4.69) is 10.3 Å². The maximum Gasteiger partial charge on any atom is 0.331 e. The average Bonchev–Trinajstić information content (AvgIpc) is 2.81. The largest absolute Gasteiger partial charge is 0.486 e. The minimum absolute atomic E-state index is 0.338. The van der Waals surface area contributed by atoms with E-state index in [9.17, 15) is 9.59 Å². The molecule has 0 saturated heterocycles. The SMILES string of the molecule is O=C(COC(=O)/C=C/c1ccc2ccccc2n1)NCCc1ccc2c(c1)OCCO2. The second-order valence-electron chi connectivity index (χ2n) is 6.95. The number of ether oxygens (including phenoxy) is 3. The quantitative estimate of drug-likeness (QED) is 0.469. The third kappa shape index (κ3) is 5.60. The molecule has 2 heterocycles. The Morgan fingerprint density at radius 2 is 1.87 bits per heavy atom. The molecule has 1 aliphatic rings. The van der Waals surface area contributed by atoms with Crippen LogP contribution in [0.5, 0.6) is 11.5 Å². The van der Waals surface area contributed by atoms with Crippen LogP contribution in [0.4, 0.5) is 0 Å². The molecule has 1 aromatic heterocycles. The van der Waals surface area contributed by atoms with Crippen LogP contribution in [-0.4, -0.2) is 43.2 Å². The molecule has 0 radical (unpaired) electrons. The molecule has 1 N–H and O–H groups in total. The smallest absolute Gasteiger partial charge is 0.331 e. The molecule has 158 valence electrons. The zero-order chi connectivity index (χ0) is 21.5. The summed E-state index contributed by atoms with van der Waals surface area (Å²) < 4.78 is 16.0. The molecule has 0 fully saturated rings. The van der Waals surface area contributed by atoms with Gasteiger partial charge in [0.15, 0.2) is 18.1 Å². The minimum Gasteiger partial charge on any atom is -0.486 e. The number of pyridine rings is 1. The topological polar surface area (TPSA) is 86.8 Å². The lowest BCUT2D eigenvalue weighted by atomic mass is 10.1. The van der Waals surface area contributed by atoms with E-state index in [0.717, 1.165) is 28.0 Å². The molecule has 4 rings (SSSR count). The molecule has 0 saturated carbocycles. The standard InChI is InChI=1S/C24H22N2O5/c27-23(25-12-11-17-5-9-21-22(15-17)30-14-13-29-21)16-31-24(28)10-8-19-7-6-18-3-1-2-4-20(18)26-19/h1-10,15H,11-14,16H2,(H,25,27)/b10-8+. The number of amides is 1. The van der Waals surface area contributed by atoms with Crippen molar-refractivity contribution >= 4 is 28.9 Å². The summed E-state index contributed by atoms with van der Waals surface area (Å²) in [5.74, 6) is 0.495. The Hall–Kier alpha value is -3.87. The Balaban J connectivity index is 1.19. The molecule has 1 amide bonds. The Morgan fingerprint density at radius 3 is 2.77 bits per heavy atom. The van der Waals surface area contributed by atoms with Gasteiger partial charge in [0.25, 0.3) is 5.91 Å². The fourth-order valence-electron chi connectivity index (χ4n) is 3.15. The Bertz CT molecular complexity index is 1130. The minimum atomic E-state index is -0.600. The Labute approximate surface area is 179 Å². The first-order valence-corrected chi connectivity index (χ1v) is 10.0. The first-order valence-electron chi connectivity index (χ1n) is 10.0. The van der Waals surface area contributed by atoms with Crippen molar-refractivity contribution in [2.24, 2.45) is 0 Å². The van der Waals surface area contributed by atoms with Gasteiger partial charge < -0.3 is 19.5 Å². The zero-order valence-electron chi connectivity index (χ0n) is 16.9. The number of rotatable bonds is 7. The number of fused-ring (bicyclic) bond motifs is 2. The highest BCUT2D eigenvalue weighted by Crippen LogP contribution is 2.30. The van der Waals surface area contributed by atoms with Crippen molar-refractivity contribution in [3.63, 3.8) is 0 Å². The van der Waals surface area contributed by atoms with Gasteiger partial charge in [0.2, 0.25) is 0 Å². The molecule has 7 heteroatoms. The summed E-state index contributed by atoms with van der Waals surface area (Å²) in [5, 5.41) is 3.76. The third-order valence-electron chi connectivity index (χ3n) is 4.70. The van der Waals surface area contributed by atoms with Crippen molar-refractivity contribution in [1.82, 2.24) is 10.3 Å². The number of hydrogen-bond donors (Lipinski definition) is 1. The van der Waals surface area contributed by atoms with Crippen molar-refractivity contribution in [3.05, 3.63) is 71.9 Å². The lowest BCUT2D eigenvalue weighted by molar-refractivity contribution is -0.143. The van der Waals surface area contributed by atoms with Gasteiger partial charge in [0.05, 0.1) is 11.2 Å². The van der Waals surface area contributed by atoms with Crippen molar-refractivity contribution < 1.29 is 23.8 Å². The number of esters is 1. The molecular formula is C24H22N2O5. The number of carbonyl (C=O) groups is 2. The van der Waals surface area contributed by atoms with Gasteiger partial charge in [0, 0.05) is 18.0 Å². The zero-order valence-corrected chi connectivity index (χ0v) is 16.9. The van der Waals surface area contributed by atoms with Crippen LogP contribution in [0, 0.1) is 0 Å². The summed E-state index contributed by atoms with van der Waals surface area (Å²) in [6.45, 7) is 1.17. The van der Waals surface area contributed by atoms with Gasteiger partial charge in [-0.25, -0.2) is 9.78 Å². The van der Waals surface area contributed by atoms with Crippen LogP contribution in [-0.2, 0) is 20.7 Å². The molecule has 0 unspecified atom stereocenters. The van der Waals surface area contributed by atoms with E-state index < -0.39 is 5.97 Å². The number of para-hydroxylation sites is 1. The normalized spacial score (nSPS) is 12.6. The van der Waals surface area contributed by atoms with Gasteiger partial charge in [-0.2, -0.15) is 0 Å². The highest BCUT2D eigenvalue weighted by atomic mass is 16.6. The first kappa shape index (κ1) is 20.4. The summed E-state index contributed by atoms with van der Waals surface area (Å²) in [6, 6.07) is 17.2. The summed E-state index contributed by atoms with van der Waals surface area (Å²) in [4.78, 5) is 28.2. The average molecular weight is 418 g/mol. The summed E-state index contributed by atoms with van der Waals surface area (Å²) in [7, 11) is 0. The van der Waals surface area contributed by atoms with Crippen LogP contribution in [0.1, 0.15) is 11.3 Å². The number of nitrogens with one attached hydrogen (secondary N) is 1. The summed E-state index contributed by atoms with van der Waals surface area (Å²) in [6.07, 6.45) is 3.46. The first-order chi connectivity index (χ1) is 15.2. The van der Waals surface area contributed by atoms with Crippen molar-refractivity contribution in [1.29, 1.82) is 0 Å². The van der Waals surface area contributed by atoms with E-state index >= 15 is 0 Å². The van der Waals surface area contributed by atoms with Gasteiger partial charge in [-0.3, -0.25) is 4.79 Å². The fraction of sp³-hybridized carbons (Fsp3) is 0.208. The molecule has 1 aliphatic heterocycles. The number of benzene rings is 2. The second-order valence-corrected chi connectivity index (χ2v) is 6.95. The molecule has 0 aliphatic carbocycles. The Morgan fingerprint density at radius 1 is 1.03 bits per heavy atom. The fourth-order valence-corrected chi connectivity index (χ4v) is 3.15. The van der Waals surface area contributed by atoms with E-state index in [1.54, 1.807) is 6.08 Å². The van der Waals surface area contributed by atoms with Crippen LogP contribution in [0.25, 0.3) is 17.0 Å². The molecule has 0 atom stereocenters. The van der Waals surface area contributed by atoms with E-state index in [1.807, 2.05) is 54.6 Å². The van der Waals surface area contributed by atoms with Crippen LogP contribution < -0.4 is 14.8 Å². The maximum absolute atomic E-state index is 11.9. The van der Waals surface area contributed by atoms with Gasteiger partial charge in [-0.05, 0) is 42.3 Å². The summed E-state index contributed by atoms with van der Waals surface area (Å²) in [5.41, 5.74) is 2.50. The number of carbonyl (C=O) groups excluding carboxylic acids is 2. The van der Waals surface area contributed by atoms with E-state index in [1.165, 1.54) is 6.08 Å². The van der Waals surface area contributed by atoms with E-state index in [0.29, 0.717) is 31.9 Å². The Kier molecular flexibility index (Phi) is 6.42. The molecule has 0 spiro atoms. The van der Waals surface area contributed by atoms with Crippen LogP contribution in [0.2, 0.25) is 0 Å². The van der Waals surface area contributed by atoms with Gasteiger partial charge in [-0.15, -0.1) is 0 Å². The molecule has 31 heavy (non-hydrogen) atoms. The monoisotopic (exact) mass is 418 g/mol.